The number of nitrogens with zero attached hydrogens (tertiary/aromatic N) is 2. The van der Waals surface area contributed by atoms with Crippen molar-refractivity contribution in [3.8, 4) is 11.5 Å². The quantitative estimate of drug-likeness (QED) is 0.230. The Bertz CT molecular complexity index is 1290. The maximum Gasteiger partial charge on any atom is 0.269 e. The number of nitro groups is 1. The second-order valence-corrected chi connectivity index (χ2v) is 8.97. The molecule has 0 saturated carbocycles. The molecule has 0 aromatic heterocycles. The topological polar surface area (TPSA) is 103 Å². The van der Waals surface area contributed by atoms with E-state index in [4.69, 9.17) is 9.47 Å². The maximum atomic E-state index is 12.4. The molecule has 0 radical (unpaired) electrons. The number of benzene rings is 3. The number of halogens is 1. The lowest BCUT2D eigenvalue weighted by molar-refractivity contribution is -0.384. The standard InChI is InChI=1S/C24H18BrN3O5S/c1-32-19-9-5-17(6-10-19)26-24-27-23(29)22(34-24)13-16-4-11-21(20(25)12-16)33-14-15-2-7-18(8-3-15)28(30)31/h2-13H,14H2,1H3,(H,26,27,29)/b22-13+. The van der Waals surface area contributed by atoms with Crippen LogP contribution in [0, 0.1) is 10.1 Å². The third-order valence-electron chi connectivity index (χ3n) is 4.75. The average molecular weight is 540 g/mol. The van der Waals surface area contributed by atoms with Crippen LogP contribution in [-0.2, 0) is 11.4 Å². The summed E-state index contributed by atoms with van der Waals surface area (Å²) in [5, 5.41) is 14.0. The van der Waals surface area contributed by atoms with Crippen molar-refractivity contribution in [2.24, 2.45) is 4.99 Å². The van der Waals surface area contributed by atoms with Gasteiger partial charge < -0.3 is 14.8 Å². The third kappa shape index (κ3) is 5.83. The van der Waals surface area contributed by atoms with Gasteiger partial charge in [-0.15, -0.1) is 0 Å². The number of hydrogen-bond donors (Lipinski definition) is 1. The van der Waals surface area contributed by atoms with Gasteiger partial charge in [0.2, 0.25) is 0 Å². The highest BCUT2D eigenvalue weighted by molar-refractivity contribution is 9.10. The Balaban J connectivity index is 1.41. The number of amides is 1. The van der Waals surface area contributed by atoms with Crippen LogP contribution < -0.4 is 14.8 Å². The predicted molar refractivity (Wildman–Crippen MR) is 135 cm³/mol. The summed E-state index contributed by atoms with van der Waals surface area (Å²) in [6.45, 7) is 0.264. The minimum absolute atomic E-state index is 0.0355. The number of carbonyl (C=O) groups excluding carboxylic acids is 1. The van der Waals surface area contributed by atoms with Crippen molar-refractivity contribution in [3.63, 3.8) is 0 Å². The molecule has 1 aliphatic rings. The molecule has 172 valence electrons. The molecule has 1 amide bonds. The van der Waals surface area contributed by atoms with E-state index in [0.717, 1.165) is 21.3 Å². The first-order chi connectivity index (χ1) is 16.4. The summed E-state index contributed by atoms with van der Waals surface area (Å²) in [4.78, 5) is 27.7. The zero-order valence-electron chi connectivity index (χ0n) is 17.9. The molecule has 0 unspecified atom stereocenters. The fourth-order valence-corrected chi connectivity index (χ4v) is 4.36. The average Bonchev–Trinajstić information content (AvgIpc) is 3.17. The van der Waals surface area contributed by atoms with Crippen molar-refractivity contribution < 1.29 is 19.2 Å². The Morgan fingerprint density at radius 3 is 2.50 bits per heavy atom. The summed E-state index contributed by atoms with van der Waals surface area (Å²) < 4.78 is 11.7. The van der Waals surface area contributed by atoms with Gasteiger partial charge in [-0.05, 0) is 93.4 Å². The lowest BCUT2D eigenvalue weighted by Gasteiger charge is -2.09. The number of thioether (sulfide) groups is 1. The number of hydrogen-bond acceptors (Lipinski definition) is 7. The molecule has 0 aliphatic carbocycles. The van der Waals surface area contributed by atoms with Gasteiger partial charge in [-0.1, -0.05) is 6.07 Å². The van der Waals surface area contributed by atoms with Crippen LogP contribution in [0.15, 0.2) is 81.1 Å². The molecule has 3 aromatic carbocycles. The van der Waals surface area contributed by atoms with E-state index in [-0.39, 0.29) is 18.2 Å². The van der Waals surface area contributed by atoms with Crippen molar-refractivity contribution in [1.29, 1.82) is 0 Å². The highest BCUT2D eigenvalue weighted by Crippen LogP contribution is 2.32. The van der Waals surface area contributed by atoms with Crippen LogP contribution >= 0.6 is 27.7 Å². The highest BCUT2D eigenvalue weighted by Gasteiger charge is 2.24. The molecule has 1 aliphatic heterocycles. The van der Waals surface area contributed by atoms with Gasteiger partial charge in [0, 0.05) is 12.1 Å². The van der Waals surface area contributed by atoms with E-state index < -0.39 is 4.92 Å². The van der Waals surface area contributed by atoms with Crippen molar-refractivity contribution >= 4 is 56.2 Å². The van der Waals surface area contributed by atoms with E-state index >= 15 is 0 Å². The summed E-state index contributed by atoms with van der Waals surface area (Å²) in [6.07, 6.45) is 1.78. The van der Waals surface area contributed by atoms with Crippen LogP contribution in [0.4, 0.5) is 11.4 Å². The van der Waals surface area contributed by atoms with Crippen LogP contribution in [0.3, 0.4) is 0 Å². The molecule has 0 atom stereocenters. The Kier molecular flexibility index (Phi) is 7.29. The highest BCUT2D eigenvalue weighted by atomic mass is 79.9. The fraction of sp³-hybridized carbons (Fsp3) is 0.0833. The molecular formula is C24H18BrN3O5S. The number of carbonyl (C=O) groups is 1. The smallest absolute Gasteiger partial charge is 0.269 e. The molecule has 8 nitrogen and oxygen atoms in total. The molecule has 0 bridgehead atoms. The maximum absolute atomic E-state index is 12.4. The normalized spacial score (nSPS) is 15.4. The van der Waals surface area contributed by atoms with Gasteiger partial charge in [0.25, 0.3) is 11.6 Å². The molecule has 4 rings (SSSR count). The summed E-state index contributed by atoms with van der Waals surface area (Å²) in [5.41, 5.74) is 2.37. The molecule has 10 heteroatoms. The van der Waals surface area contributed by atoms with Crippen LogP contribution in [-0.4, -0.2) is 23.1 Å². The van der Waals surface area contributed by atoms with Crippen LogP contribution in [0.1, 0.15) is 11.1 Å². The molecule has 0 spiro atoms. The Hall–Kier alpha value is -3.63. The number of aliphatic imine (C=N–C) groups is 1. The van der Waals surface area contributed by atoms with Crippen LogP contribution in [0.2, 0.25) is 0 Å². The molecular weight excluding hydrogens is 522 g/mol. The van der Waals surface area contributed by atoms with Gasteiger partial charge in [-0.2, -0.15) is 0 Å². The van der Waals surface area contributed by atoms with E-state index in [1.54, 1.807) is 43.5 Å². The number of non-ortho nitro benzene ring substituents is 1. The second kappa shape index (κ2) is 10.5. The minimum Gasteiger partial charge on any atom is -0.497 e. The second-order valence-electron chi connectivity index (χ2n) is 7.08. The van der Waals surface area contributed by atoms with Gasteiger partial charge in [0.15, 0.2) is 5.17 Å². The van der Waals surface area contributed by atoms with Crippen LogP contribution in [0.5, 0.6) is 11.5 Å². The zero-order valence-corrected chi connectivity index (χ0v) is 20.3. The first-order valence-electron chi connectivity index (χ1n) is 10.0. The predicted octanol–water partition coefficient (Wildman–Crippen LogP) is 5.84. The number of nitro benzene ring substituents is 1. The molecule has 1 heterocycles. The Labute approximate surface area is 208 Å². The van der Waals surface area contributed by atoms with Gasteiger partial charge in [0.05, 0.1) is 27.1 Å². The van der Waals surface area contributed by atoms with Gasteiger partial charge in [-0.25, -0.2) is 4.99 Å². The van der Waals surface area contributed by atoms with Gasteiger partial charge >= 0.3 is 0 Å². The Morgan fingerprint density at radius 2 is 1.85 bits per heavy atom. The van der Waals surface area contributed by atoms with E-state index in [2.05, 4.69) is 26.2 Å². The third-order valence-corrected chi connectivity index (χ3v) is 6.28. The number of methoxy groups -OCH3 is 1. The number of nitrogens with one attached hydrogen (secondary N) is 1. The number of amidine groups is 1. The van der Waals surface area contributed by atoms with E-state index in [9.17, 15) is 14.9 Å². The lowest BCUT2D eigenvalue weighted by atomic mass is 10.2. The number of rotatable bonds is 7. The Morgan fingerprint density at radius 1 is 1.12 bits per heavy atom. The molecule has 1 N–H and O–H groups in total. The van der Waals surface area contributed by atoms with Gasteiger partial charge in [0.1, 0.15) is 18.1 Å². The minimum atomic E-state index is -0.439. The van der Waals surface area contributed by atoms with Crippen molar-refractivity contribution in [1.82, 2.24) is 5.32 Å². The SMILES string of the molecule is COc1ccc(N=C2NC(=O)/C(=C\c3ccc(OCc4ccc([N+](=O)[O-])cc4)c(Br)c3)S2)cc1. The zero-order chi connectivity index (χ0) is 24.1. The van der Waals surface area contributed by atoms with Gasteiger partial charge in [-0.3, -0.25) is 14.9 Å². The number of ether oxygens (including phenoxy) is 2. The summed E-state index contributed by atoms with van der Waals surface area (Å²) in [7, 11) is 1.60. The van der Waals surface area contributed by atoms with Crippen molar-refractivity contribution in [2.75, 3.05) is 7.11 Å². The van der Waals surface area contributed by atoms with E-state index in [1.807, 2.05) is 24.3 Å². The molecule has 34 heavy (non-hydrogen) atoms. The molecule has 1 saturated heterocycles. The first-order valence-corrected chi connectivity index (χ1v) is 11.6. The molecule has 3 aromatic rings. The van der Waals surface area contributed by atoms with Crippen LogP contribution in [0.25, 0.3) is 6.08 Å². The lowest BCUT2D eigenvalue weighted by Crippen LogP contribution is -2.19. The first kappa shape index (κ1) is 23.5. The largest absolute Gasteiger partial charge is 0.497 e. The van der Waals surface area contributed by atoms with Crippen molar-refractivity contribution in [3.05, 3.63) is 97.3 Å². The summed E-state index contributed by atoms with van der Waals surface area (Å²) in [6, 6.07) is 18.9. The monoisotopic (exact) mass is 539 g/mol. The summed E-state index contributed by atoms with van der Waals surface area (Å²) >= 11 is 4.76. The van der Waals surface area contributed by atoms with Crippen molar-refractivity contribution in [2.45, 2.75) is 6.61 Å². The molecule has 1 fully saturated rings. The fourth-order valence-electron chi connectivity index (χ4n) is 3.00. The van der Waals surface area contributed by atoms with E-state index in [0.29, 0.717) is 21.5 Å². The summed E-state index contributed by atoms with van der Waals surface area (Å²) in [5.74, 6) is 1.14. The van der Waals surface area contributed by atoms with E-state index in [1.165, 1.54) is 23.9 Å².